The highest BCUT2D eigenvalue weighted by Crippen LogP contribution is 2.27. The van der Waals surface area contributed by atoms with Crippen LogP contribution in [0.2, 0.25) is 5.15 Å². The molecule has 0 amide bonds. The topological polar surface area (TPSA) is 55.0 Å². The summed E-state index contributed by atoms with van der Waals surface area (Å²) < 4.78 is 0. The Kier molecular flexibility index (Phi) is 5.15. The van der Waals surface area contributed by atoms with Gasteiger partial charge in [0.1, 0.15) is 12.0 Å². The van der Waals surface area contributed by atoms with E-state index in [2.05, 4.69) is 28.0 Å². The van der Waals surface area contributed by atoms with Crippen molar-refractivity contribution in [2.24, 2.45) is 0 Å². The maximum absolute atomic E-state index is 5.87. The predicted octanol–water partition coefficient (Wildman–Crippen LogP) is 2.29. The molecule has 0 aliphatic heterocycles. The Morgan fingerprint density at radius 3 is 2.81 bits per heavy atom. The Morgan fingerprint density at radius 2 is 2.25 bits per heavy atom. The molecule has 0 aliphatic carbocycles. The Labute approximate surface area is 106 Å². The van der Waals surface area contributed by atoms with E-state index in [9.17, 15) is 0 Å². The van der Waals surface area contributed by atoms with Crippen LogP contribution in [0.3, 0.4) is 0 Å². The van der Waals surface area contributed by atoms with Gasteiger partial charge in [-0.1, -0.05) is 18.5 Å². The SMILES string of the molecule is CCC(CSC)N(C)c1ncnc(Cl)c1N. The molecular formula is C10H17ClN4S. The molecule has 0 fully saturated rings. The number of nitrogen functional groups attached to an aromatic ring is 1. The van der Waals surface area contributed by atoms with E-state index < -0.39 is 0 Å². The summed E-state index contributed by atoms with van der Waals surface area (Å²) in [4.78, 5) is 10.1. The average Bonchev–Trinajstić information content (AvgIpc) is 2.29. The van der Waals surface area contributed by atoms with Gasteiger partial charge in [-0.25, -0.2) is 9.97 Å². The first-order valence-electron chi connectivity index (χ1n) is 5.09. The predicted molar refractivity (Wildman–Crippen MR) is 72.3 cm³/mol. The Morgan fingerprint density at radius 1 is 1.56 bits per heavy atom. The fourth-order valence-corrected chi connectivity index (χ4v) is 2.49. The molecule has 0 saturated heterocycles. The minimum absolute atomic E-state index is 0.316. The summed E-state index contributed by atoms with van der Waals surface area (Å²) in [6.07, 6.45) is 4.57. The van der Waals surface area contributed by atoms with Gasteiger partial charge in [-0.3, -0.25) is 0 Å². The molecule has 1 heterocycles. The Hall–Kier alpha value is -0.680. The van der Waals surface area contributed by atoms with E-state index in [4.69, 9.17) is 17.3 Å². The van der Waals surface area contributed by atoms with E-state index in [1.165, 1.54) is 6.33 Å². The van der Waals surface area contributed by atoms with Crippen LogP contribution in [-0.2, 0) is 0 Å². The zero-order valence-electron chi connectivity index (χ0n) is 9.77. The lowest BCUT2D eigenvalue weighted by Gasteiger charge is -2.28. The molecule has 0 aliphatic rings. The zero-order valence-corrected chi connectivity index (χ0v) is 11.3. The van der Waals surface area contributed by atoms with Crippen LogP contribution in [0.1, 0.15) is 13.3 Å². The molecule has 1 atom stereocenters. The van der Waals surface area contributed by atoms with Crippen LogP contribution in [0, 0.1) is 0 Å². The van der Waals surface area contributed by atoms with Crippen molar-refractivity contribution >= 4 is 34.9 Å². The molecule has 1 aromatic heterocycles. The molecule has 90 valence electrons. The van der Waals surface area contributed by atoms with E-state index in [0.717, 1.165) is 12.2 Å². The first kappa shape index (κ1) is 13.4. The number of hydrogen-bond donors (Lipinski definition) is 1. The fraction of sp³-hybridized carbons (Fsp3) is 0.600. The molecule has 16 heavy (non-hydrogen) atoms. The molecule has 1 unspecified atom stereocenters. The first-order valence-corrected chi connectivity index (χ1v) is 6.86. The van der Waals surface area contributed by atoms with E-state index in [1.807, 2.05) is 18.8 Å². The van der Waals surface area contributed by atoms with Gasteiger partial charge in [-0.15, -0.1) is 0 Å². The lowest BCUT2D eigenvalue weighted by Crippen LogP contribution is -2.34. The molecule has 0 aromatic carbocycles. The average molecular weight is 261 g/mol. The number of nitrogens with two attached hydrogens (primary N) is 1. The highest BCUT2D eigenvalue weighted by molar-refractivity contribution is 7.98. The third kappa shape index (κ3) is 2.92. The van der Waals surface area contributed by atoms with Crippen LogP contribution in [0.25, 0.3) is 0 Å². The quantitative estimate of drug-likeness (QED) is 0.824. The van der Waals surface area contributed by atoms with Gasteiger partial charge >= 0.3 is 0 Å². The van der Waals surface area contributed by atoms with Gasteiger partial charge in [0.25, 0.3) is 0 Å². The molecule has 4 nitrogen and oxygen atoms in total. The van der Waals surface area contributed by atoms with Crippen molar-refractivity contribution in [3.05, 3.63) is 11.5 Å². The number of thioether (sulfide) groups is 1. The Bertz CT molecular complexity index is 348. The smallest absolute Gasteiger partial charge is 0.157 e. The number of hydrogen-bond acceptors (Lipinski definition) is 5. The van der Waals surface area contributed by atoms with Crippen LogP contribution < -0.4 is 10.6 Å². The maximum Gasteiger partial charge on any atom is 0.157 e. The lowest BCUT2D eigenvalue weighted by molar-refractivity contribution is 0.666. The van der Waals surface area contributed by atoms with Gasteiger partial charge in [0.05, 0.1) is 0 Å². The second-order valence-electron chi connectivity index (χ2n) is 3.53. The van der Waals surface area contributed by atoms with E-state index in [-0.39, 0.29) is 0 Å². The van der Waals surface area contributed by atoms with Crippen molar-refractivity contribution in [1.29, 1.82) is 0 Å². The van der Waals surface area contributed by atoms with Crippen molar-refractivity contribution in [3.8, 4) is 0 Å². The molecule has 0 saturated carbocycles. The van der Waals surface area contributed by atoms with Crippen LogP contribution in [-0.4, -0.2) is 35.1 Å². The summed E-state index contributed by atoms with van der Waals surface area (Å²) >= 11 is 7.68. The van der Waals surface area contributed by atoms with Crippen LogP contribution in [0.5, 0.6) is 0 Å². The van der Waals surface area contributed by atoms with Crippen molar-refractivity contribution in [3.63, 3.8) is 0 Å². The second kappa shape index (κ2) is 6.15. The minimum Gasteiger partial charge on any atom is -0.393 e. The summed E-state index contributed by atoms with van der Waals surface area (Å²) in [5.74, 6) is 1.74. The van der Waals surface area contributed by atoms with Gasteiger partial charge < -0.3 is 10.6 Å². The number of anilines is 2. The number of rotatable bonds is 5. The number of halogens is 1. The maximum atomic E-state index is 5.87. The lowest BCUT2D eigenvalue weighted by atomic mass is 10.2. The number of aromatic nitrogens is 2. The van der Waals surface area contributed by atoms with Crippen LogP contribution in [0.4, 0.5) is 11.5 Å². The van der Waals surface area contributed by atoms with Gasteiger partial charge in [0, 0.05) is 18.8 Å². The zero-order chi connectivity index (χ0) is 12.1. The van der Waals surface area contributed by atoms with Gasteiger partial charge in [0.2, 0.25) is 0 Å². The van der Waals surface area contributed by atoms with Crippen molar-refractivity contribution in [2.75, 3.05) is 29.7 Å². The van der Waals surface area contributed by atoms with Gasteiger partial charge in [0.15, 0.2) is 11.0 Å². The molecule has 0 spiro atoms. The van der Waals surface area contributed by atoms with E-state index in [0.29, 0.717) is 22.7 Å². The largest absolute Gasteiger partial charge is 0.393 e. The summed E-state index contributed by atoms with van der Waals surface area (Å²) in [6, 6.07) is 0.406. The molecule has 6 heteroatoms. The molecular weight excluding hydrogens is 244 g/mol. The normalized spacial score (nSPS) is 12.5. The highest BCUT2D eigenvalue weighted by atomic mass is 35.5. The molecule has 0 bridgehead atoms. The van der Waals surface area contributed by atoms with E-state index >= 15 is 0 Å². The number of nitrogens with zero attached hydrogens (tertiary/aromatic N) is 3. The summed E-state index contributed by atoms with van der Waals surface area (Å²) in [6.45, 7) is 2.15. The van der Waals surface area contributed by atoms with Gasteiger partial charge in [-0.05, 0) is 12.7 Å². The van der Waals surface area contributed by atoms with Crippen LogP contribution in [0.15, 0.2) is 6.33 Å². The fourth-order valence-electron chi connectivity index (χ4n) is 1.52. The summed E-state index contributed by atoms with van der Waals surface area (Å²) in [7, 11) is 1.99. The summed E-state index contributed by atoms with van der Waals surface area (Å²) in [5.41, 5.74) is 6.32. The molecule has 1 aromatic rings. The third-order valence-electron chi connectivity index (χ3n) is 2.53. The highest BCUT2D eigenvalue weighted by Gasteiger charge is 2.17. The summed E-state index contributed by atoms with van der Waals surface area (Å²) in [5, 5.41) is 0.316. The molecule has 2 N–H and O–H groups in total. The van der Waals surface area contributed by atoms with Crippen molar-refractivity contribution < 1.29 is 0 Å². The standard InChI is InChI=1S/C10H17ClN4S/c1-4-7(5-16-3)15(2)10-8(12)9(11)13-6-14-10/h6-7H,4-5,12H2,1-3H3. The first-order chi connectivity index (χ1) is 7.61. The van der Waals surface area contributed by atoms with E-state index in [1.54, 1.807) is 0 Å². The molecule has 0 radical (unpaired) electrons. The second-order valence-corrected chi connectivity index (χ2v) is 4.80. The van der Waals surface area contributed by atoms with Crippen LogP contribution >= 0.6 is 23.4 Å². The van der Waals surface area contributed by atoms with Gasteiger partial charge in [-0.2, -0.15) is 11.8 Å². The Balaban J connectivity index is 2.94. The third-order valence-corrected chi connectivity index (χ3v) is 3.55. The monoisotopic (exact) mass is 260 g/mol. The van der Waals surface area contributed by atoms with Crippen molar-refractivity contribution in [1.82, 2.24) is 9.97 Å². The minimum atomic E-state index is 0.316. The van der Waals surface area contributed by atoms with Crippen molar-refractivity contribution in [2.45, 2.75) is 19.4 Å². The molecule has 1 rings (SSSR count).